The van der Waals surface area contributed by atoms with Gasteiger partial charge in [0.15, 0.2) is 0 Å². The molecule has 3 atom stereocenters. The van der Waals surface area contributed by atoms with Gasteiger partial charge in [-0.1, -0.05) is 13.8 Å². The third-order valence-corrected chi connectivity index (χ3v) is 4.50. The van der Waals surface area contributed by atoms with Crippen molar-refractivity contribution in [2.24, 2.45) is 17.3 Å². The van der Waals surface area contributed by atoms with Crippen molar-refractivity contribution in [3.63, 3.8) is 0 Å². The summed E-state index contributed by atoms with van der Waals surface area (Å²) in [6, 6.07) is 2.04. The fourth-order valence-corrected chi connectivity index (χ4v) is 3.30. The second-order valence-corrected chi connectivity index (χ2v) is 5.46. The molecule has 0 radical (unpaired) electrons. The molecule has 1 N–H and O–H groups in total. The molecule has 3 fully saturated rings. The molecule has 3 rings (SSSR count). The summed E-state index contributed by atoms with van der Waals surface area (Å²) in [4.78, 5) is 0. The van der Waals surface area contributed by atoms with E-state index < -0.39 is 5.60 Å². The number of hydrogen-bond acceptors (Lipinski definition) is 2. The Morgan fingerprint density at radius 2 is 2.14 bits per heavy atom. The Kier molecular flexibility index (Phi) is 1.81. The highest BCUT2D eigenvalue weighted by Crippen LogP contribution is 2.64. The van der Waals surface area contributed by atoms with Crippen molar-refractivity contribution in [2.45, 2.75) is 39.2 Å². The number of allylic oxidation sites excluding steroid dienone is 1. The average molecular weight is 191 g/mol. The largest absolute Gasteiger partial charge is 0.385 e. The first kappa shape index (κ1) is 9.73. The molecule has 0 aromatic carbocycles. The van der Waals surface area contributed by atoms with Crippen molar-refractivity contribution in [3.05, 3.63) is 11.6 Å². The van der Waals surface area contributed by atoms with Crippen LogP contribution in [0.25, 0.3) is 0 Å². The number of fused-ring (bicyclic) bond motifs is 2. The van der Waals surface area contributed by atoms with Crippen LogP contribution >= 0.6 is 0 Å². The van der Waals surface area contributed by atoms with Crippen LogP contribution in [0.2, 0.25) is 0 Å². The Morgan fingerprint density at radius 1 is 1.50 bits per heavy atom. The lowest BCUT2D eigenvalue weighted by molar-refractivity contribution is -0.160. The molecule has 3 aliphatic carbocycles. The summed E-state index contributed by atoms with van der Waals surface area (Å²) >= 11 is 0. The number of rotatable bonds is 0. The van der Waals surface area contributed by atoms with Crippen LogP contribution in [-0.2, 0) is 0 Å². The smallest absolute Gasteiger partial charge is 0.0912 e. The van der Waals surface area contributed by atoms with Crippen LogP contribution < -0.4 is 0 Å². The van der Waals surface area contributed by atoms with Gasteiger partial charge in [0.1, 0.15) is 0 Å². The molecular weight excluding hydrogens is 174 g/mol. The van der Waals surface area contributed by atoms with Crippen LogP contribution in [0.5, 0.6) is 0 Å². The molecule has 14 heavy (non-hydrogen) atoms. The Balaban J connectivity index is 2.35. The minimum absolute atomic E-state index is 0.246. The van der Waals surface area contributed by atoms with E-state index in [0.717, 1.165) is 18.4 Å². The maximum Gasteiger partial charge on any atom is 0.0912 e. The Hall–Kier alpha value is -0.810. The maximum absolute atomic E-state index is 10.4. The van der Waals surface area contributed by atoms with Gasteiger partial charge in [-0.2, -0.15) is 5.26 Å². The molecule has 0 unspecified atom stereocenters. The van der Waals surface area contributed by atoms with Crippen molar-refractivity contribution >= 4 is 0 Å². The zero-order valence-corrected chi connectivity index (χ0v) is 9.04. The summed E-state index contributed by atoms with van der Waals surface area (Å²) in [6.45, 7) is 6.31. The predicted molar refractivity (Wildman–Crippen MR) is 54.3 cm³/mol. The molecule has 0 heterocycles. The highest BCUT2D eigenvalue weighted by atomic mass is 16.3. The average Bonchev–Trinajstić information content (AvgIpc) is 2.07. The van der Waals surface area contributed by atoms with Crippen molar-refractivity contribution in [3.8, 4) is 6.07 Å². The molecule has 0 aromatic heterocycles. The second-order valence-electron chi connectivity index (χ2n) is 5.46. The predicted octanol–water partition coefficient (Wildman–Crippen LogP) is 2.25. The van der Waals surface area contributed by atoms with E-state index in [2.05, 4.69) is 13.8 Å². The Morgan fingerprint density at radius 3 is 2.57 bits per heavy atom. The molecule has 3 aliphatic rings. The summed E-state index contributed by atoms with van der Waals surface area (Å²) in [6.07, 6.45) is 3.54. The van der Waals surface area contributed by atoms with Crippen molar-refractivity contribution < 1.29 is 5.11 Å². The SMILES string of the molecule is CC1(C)[C@H]2C/C(=C\C#N)[C@](C)(O)[C@@H]1C2. The van der Waals surface area contributed by atoms with Gasteiger partial charge in [0.25, 0.3) is 0 Å². The fraction of sp³-hybridized carbons (Fsp3) is 0.750. The highest BCUT2D eigenvalue weighted by molar-refractivity contribution is 5.32. The van der Waals surface area contributed by atoms with Crippen molar-refractivity contribution in [2.75, 3.05) is 0 Å². The lowest BCUT2D eigenvalue weighted by Gasteiger charge is -2.63. The summed E-state index contributed by atoms with van der Waals surface area (Å²) < 4.78 is 0. The second kappa shape index (κ2) is 2.61. The quantitative estimate of drug-likeness (QED) is 0.597. The first-order valence-corrected chi connectivity index (χ1v) is 5.22. The number of nitrogens with zero attached hydrogens (tertiary/aromatic N) is 1. The monoisotopic (exact) mass is 191 g/mol. The van der Waals surface area contributed by atoms with Crippen LogP contribution in [0.15, 0.2) is 11.6 Å². The van der Waals surface area contributed by atoms with Gasteiger partial charge in [-0.25, -0.2) is 0 Å². The number of aliphatic hydroxyl groups is 1. The van der Waals surface area contributed by atoms with Crippen molar-refractivity contribution in [1.82, 2.24) is 0 Å². The van der Waals surface area contributed by atoms with E-state index in [0.29, 0.717) is 11.8 Å². The molecular formula is C12H17NO. The van der Waals surface area contributed by atoms with Gasteiger partial charge in [-0.05, 0) is 42.6 Å². The van der Waals surface area contributed by atoms with Gasteiger partial charge in [-0.3, -0.25) is 0 Å². The van der Waals surface area contributed by atoms with Crippen LogP contribution in [0, 0.1) is 28.6 Å². The molecule has 2 heteroatoms. The first-order valence-electron chi connectivity index (χ1n) is 5.22. The van der Waals surface area contributed by atoms with Crippen LogP contribution in [0.1, 0.15) is 33.6 Å². The zero-order chi connectivity index (χ0) is 10.6. The fourth-order valence-electron chi connectivity index (χ4n) is 3.30. The van der Waals surface area contributed by atoms with Crippen LogP contribution in [0.3, 0.4) is 0 Å². The Labute approximate surface area is 85.2 Å². The minimum atomic E-state index is -0.756. The van der Waals surface area contributed by atoms with Gasteiger partial charge >= 0.3 is 0 Å². The molecule has 3 saturated carbocycles. The normalized spacial score (nSPS) is 46.9. The topological polar surface area (TPSA) is 44.0 Å². The molecule has 0 aliphatic heterocycles. The molecule has 2 nitrogen and oxygen atoms in total. The standard InChI is InChI=1S/C12H17NO/c1-11(2)9-6-8(4-5-13)12(3,14)10(11)7-9/h4,9-10,14H,6-7H2,1-3H3/b8-4+/t9-,10+,12-/m0/s1. The number of hydrogen-bond donors (Lipinski definition) is 1. The summed E-state index contributed by atoms with van der Waals surface area (Å²) in [5, 5.41) is 19.0. The van der Waals surface area contributed by atoms with Gasteiger partial charge in [0, 0.05) is 6.08 Å². The lowest BCUT2D eigenvalue weighted by Crippen LogP contribution is -2.61. The van der Waals surface area contributed by atoms with Gasteiger partial charge in [-0.15, -0.1) is 0 Å². The third-order valence-electron chi connectivity index (χ3n) is 4.50. The molecule has 0 aromatic rings. The third kappa shape index (κ3) is 0.994. The van der Waals surface area contributed by atoms with Crippen LogP contribution in [-0.4, -0.2) is 10.7 Å². The zero-order valence-electron chi connectivity index (χ0n) is 9.04. The summed E-state index contributed by atoms with van der Waals surface area (Å²) in [5.41, 5.74) is 0.421. The Bertz CT molecular complexity index is 333. The molecule has 2 bridgehead atoms. The molecule has 0 saturated heterocycles. The number of nitriles is 1. The van der Waals surface area contributed by atoms with Gasteiger partial charge in [0.05, 0.1) is 11.7 Å². The van der Waals surface area contributed by atoms with E-state index in [1.54, 1.807) is 0 Å². The molecule has 0 spiro atoms. The maximum atomic E-state index is 10.4. The van der Waals surface area contributed by atoms with E-state index in [1.807, 2.05) is 13.0 Å². The lowest BCUT2D eigenvalue weighted by atomic mass is 9.43. The van der Waals surface area contributed by atoms with E-state index in [1.165, 1.54) is 6.08 Å². The minimum Gasteiger partial charge on any atom is -0.385 e. The first-order chi connectivity index (χ1) is 6.40. The van der Waals surface area contributed by atoms with Crippen LogP contribution in [0.4, 0.5) is 0 Å². The van der Waals surface area contributed by atoms with Gasteiger partial charge in [0.2, 0.25) is 0 Å². The molecule has 76 valence electrons. The molecule has 0 amide bonds. The van der Waals surface area contributed by atoms with Crippen molar-refractivity contribution in [1.29, 1.82) is 5.26 Å². The summed E-state index contributed by atoms with van der Waals surface area (Å²) in [5.74, 6) is 0.987. The van der Waals surface area contributed by atoms with E-state index in [4.69, 9.17) is 5.26 Å². The summed E-state index contributed by atoms with van der Waals surface area (Å²) in [7, 11) is 0. The van der Waals surface area contributed by atoms with Gasteiger partial charge < -0.3 is 5.11 Å². The van der Waals surface area contributed by atoms with E-state index in [9.17, 15) is 5.11 Å². The van der Waals surface area contributed by atoms with E-state index in [-0.39, 0.29) is 5.41 Å². The highest BCUT2D eigenvalue weighted by Gasteiger charge is 2.60. The van der Waals surface area contributed by atoms with E-state index >= 15 is 0 Å².